The van der Waals surface area contributed by atoms with Gasteiger partial charge in [0.05, 0.1) is 10.6 Å². The van der Waals surface area contributed by atoms with Gasteiger partial charge < -0.3 is 5.32 Å². The number of fused-ring (bicyclic) bond motifs is 1. The summed E-state index contributed by atoms with van der Waals surface area (Å²) in [5.41, 5.74) is 1.56. The third-order valence-electron chi connectivity index (χ3n) is 3.30. The molecule has 116 valence electrons. The van der Waals surface area contributed by atoms with Crippen molar-refractivity contribution in [2.24, 2.45) is 0 Å². The lowest BCUT2D eigenvalue weighted by molar-refractivity contribution is -0.114. The molecular formula is C14H15N3O3S2. The smallest absolute Gasteiger partial charge is 0.263 e. The topological polar surface area (TPSA) is 88.2 Å². The number of amides is 1. The van der Waals surface area contributed by atoms with Crippen LogP contribution in [0.5, 0.6) is 0 Å². The number of hydrogen-bond donors (Lipinski definition) is 2. The predicted octanol–water partition coefficient (Wildman–Crippen LogP) is 2.39. The Hall–Kier alpha value is -1.93. The number of hydrogen-bond acceptors (Lipinski definition) is 5. The summed E-state index contributed by atoms with van der Waals surface area (Å²) in [7, 11) is -3.66. The number of sulfonamides is 1. The van der Waals surface area contributed by atoms with Crippen LogP contribution in [0.3, 0.4) is 0 Å². The molecule has 0 saturated carbocycles. The first-order valence-corrected chi connectivity index (χ1v) is 9.13. The largest absolute Gasteiger partial charge is 0.326 e. The molecule has 0 radical (unpaired) electrons. The number of anilines is 2. The highest BCUT2D eigenvalue weighted by molar-refractivity contribution is 7.93. The molecule has 22 heavy (non-hydrogen) atoms. The van der Waals surface area contributed by atoms with E-state index in [9.17, 15) is 13.2 Å². The summed E-state index contributed by atoms with van der Waals surface area (Å²) in [4.78, 5) is 16.6. The molecule has 0 bridgehead atoms. The predicted molar refractivity (Wildman–Crippen MR) is 85.7 cm³/mol. The van der Waals surface area contributed by atoms with E-state index >= 15 is 0 Å². The van der Waals surface area contributed by atoms with Crippen molar-refractivity contribution in [3.8, 4) is 0 Å². The number of carbonyl (C=O) groups excluding carboxylic acids is 1. The minimum absolute atomic E-state index is 0.136. The Morgan fingerprint density at radius 1 is 1.23 bits per heavy atom. The maximum atomic E-state index is 12.3. The zero-order chi connectivity index (χ0) is 15.7. The maximum absolute atomic E-state index is 12.3. The van der Waals surface area contributed by atoms with Gasteiger partial charge in [-0.2, -0.15) is 0 Å². The van der Waals surface area contributed by atoms with Gasteiger partial charge in [0.2, 0.25) is 5.91 Å². The van der Waals surface area contributed by atoms with Gasteiger partial charge >= 0.3 is 0 Å². The van der Waals surface area contributed by atoms with Crippen LogP contribution in [0.2, 0.25) is 0 Å². The third kappa shape index (κ3) is 3.12. The molecule has 0 unspecified atom stereocenters. The second-order valence-electron chi connectivity index (χ2n) is 5.05. The molecule has 0 atom stereocenters. The minimum Gasteiger partial charge on any atom is -0.326 e. The molecule has 2 N–H and O–H groups in total. The van der Waals surface area contributed by atoms with Crippen molar-refractivity contribution in [1.29, 1.82) is 0 Å². The molecule has 1 aromatic heterocycles. The Balaban J connectivity index is 1.78. The van der Waals surface area contributed by atoms with Crippen molar-refractivity contribution in [3.63, 3.8) is 0 Å². The van der Waals surface area contributed by atoms with Crippen LogP contribution in [0.1, 0.15) is 23.9 Å². The SMILES string of the molecule is CC(=O)Nc1ccc(S(=O)(=O)Nc2nc3c(s2)CCC3)cc1. The normalized spacial score (nSPS) is 13.7. The number of rotatable bonds is 4. The summed E-state index contributed by atoms with van der Waals surface area (Å²) in [5.74, 6) is -0.203. The van der Waals surface area contributed by atoms with Gasteiger partial charge in [-0.05, 0) is 43.5 Å². The van der Waals surface area contributed by atoms with E-state index in [-0.39, 0.29) is 10.8 Å². The van der Waals surface area contributed by atoms with E-state index in [1.807, 2.05) is 0 Å². The molecule has 1 aliphatic carbocycles. The second-order valence-corrected chi connectivity index (χ2v) is 7.82. The van der Waals surface area contributed by atoms with Crippen molar-refractivity contribution in [1.82, 2.24) is 4.98 Å². The number of nitrogens with one attached hydrogen (secondary N) is 2. The summed E-state index contributed by atoms with van der Waals surface area (Å²) in [6, 6.07) is 6.01. The number of thiazole rings is 1. The molecule has 8 heteroatoms. The van der Waals surface area contributed by atoms with Gasteiger partial charge in [0, 0.05) is 17.5 Å². The molecule has 0 fully saturated rings. The standard InChI is InChI=1S/C14H15N3O3S2/c1-9(18)15-10-5-7-11(8-6-10)22(19,20)17-14-16-12-3-2-4-13(12)21-14/h5-8H,2-4H2,1H3,(H,15,18)(H,16,17). The van der Waals surface area contributed by atoms with Crippen LogP contribution in [0.4, 0.5) is 10.8 Å². The van der Waals surface area contributed by atoms with Crippen LogP contribution in [0, 0.1) is 0 Å². The summed E-state index contributed by atoms with van der Waals surface area (Å²) in [5, 5.41) is 3.01. The van der Waals surface area contributed by atoms with Crippen LogP contribution < -0.4 is 10.0 Å². The number of carbonyl (C=O) groups is 1. The molecule has 1 aromatic carbocycles. The molecule has 2 aromatic rings. The first-order valence-electron chi connectivity index (χ1n) is 6.83. The van der Waals surface area contributed by atoms with Gasteiger partial charge in [0.1, 0.15) is 0 Å². The van der Waals surface area contributed by atoms with E-state index in [0.717, 1.165) is 25.0 Å². The van der Waals surface area contributed by atoms with Gasteiger partial charge in [-0.3, -0.25) is 9.52 Å². The van der Waals surface area contributed by atoms with E-state index in [0.29, 0.717) is 10.8 Å². The lowest BCUT2D eigenvalue weighted by atomic mass is 10.3. The van der Waals surface area contributed by atoms with Crippen LogP contribution in [-0.2, 0) is 27.7 Å². The van der Waals surface area contributed by atoms with E-state index in [2.05, 4.69) is 15.0 Å². The summed E-state index contributed by atoms with van der Waals surface area (Å²) < 4.78 is 27.2. The summed E-state index contributed by atoms with van der Waals surface area (Å²) >= 11 is 1.40. The van der Waals surface area contributed by atoms with Crippen molar-refractivity contribution < 1.29 is 13.2 Å². The van der Waals surface area contributed by atoms with Gasteiger partial charge in [0.15, 0.2) is 5.13 Å². The van der Waals surface area contributed by atoms with E-state index < -0.39 is 10.0 Å². The average Bonchev–Trinajstić information content (AvgIpc) is 2.99. The molecule has 6 nitrogen and oxygen atoms in total. The lowest BCUT2D eigenvalue weighted by Crippen LogP contribution is -2.13. The Kier molecular flexibility index (Phi) is 3.88. The molecule has 1 heterocycles. The van der Waals surface area contributed by atoms with E-state index in [1.54, 1.807) is 12.1 Å². The Morgan fingerprint density at radius 3 is 2.59 bits per heavy atom. The molecular weight excluding hydrogens is 322 g/mol. The molecule has 0 spiro atoms. The summed E-state index contributed by atoms with van der Waals surface area (Å²) in [6.07, 6.45) is 2.98. The Bertz CT molecular complexity index is 789. The monoisotopic (exact) mass is 337 g/mol. The Labute approximate surface area is 132 Å². The lowest BCUT2D eigenvalue weighted by Gasteiger charge is -2.07. The van der Waals surface area contributed by atoms with Crippen molar-refractivity contribution in [2.75, 3.05) is 10.0 Å². The van der Waals surface area contributed by atoms with Crippen molar-refractivity contribution >= 4 is 38.1 Å². The van der Waals surface area contributed by atoms with Gasteiger partial charge in [0.25, 0.3) is 10.0 Å². The molecule has 1 aliphatic rings. The maximum Gasteiger partial charge on any atom is 0.263 e. The van der Waals surface area contributed by atoms with E-state index in [4.69, 9.17) is 0 Å². The van der Waals surface area contributed by atoms with Crippen LogP contribution in [-0.4, -0.2) is 19.3 Å². The van der Waals surface area contributed by atoms with Crippen molar-refractivity contribution in [2.45, 2.75) is 31.1 Å². The zero-order valence-electron chi connectivity index (χ0n) is 11.9. The summed E-state index contributed by atoms with van der Waals surface area (Å²) in [6.45, 7) is 1.40. The first kappa shape index (κ1) is 15.0. The fourth-order valence-electron chi connectivity index (χ4n) is 2.33. The number of aromatic nitrogens is 1. The minimum atomic E-state index is -3.66. The van der Waals surface area contributed by atoms with Gasteiger partial charge in [-0.15, -0.1) is 11.3 Å². The highest BCUT2D eigenvalue weighted by Gasteiger charge is 2.21. The number of nitrogens with zero attached hydrogens (tertiary/aromatic N) is 1. The van der Waals surface area contributed by atoms with Crippen molar-refractivity contribution in [3.05, 3.63) is 34.8 Å². The molecule has 3 rings (SSSR count). The van der Waals surface area contributed by atoms with Gasteiger partial charge in [-0.1, -0.05) is 0 Å². The van der Waals surface area contributed by atoms with Gasteiger partial charge in [-0.25, -0.2) is 13.4 Å². The molecule has 1 amide bonds. The zero-order valence-corrected chi connectivity index (χ0v) is 13.6. The first-order chi connectivity index (χ1) is 10.4. The third-order valence-corrected chi connectivity index (χ3v) is 5.86. The molecule has 0 saturated heterocycles. The van der Waals surface area contributed by atoms with Crippen LogP contribution in [0.25, 0.3) is 0 Å². The average molecular weight is 337 g/mol. The van der Waals surface area contributed by atoms with E-state index in [1.165, 1.54) is 35.3 Å². The quantitative estimate of drug-likeness (QED) is 0.896. The highest BCUT2D eigenvalue weighted by atomic mass is 32.2. The molecule has 0 aliphatic heterocycles. The number of aryl methyl sites for hydroxylation is 2. The van der Waals surface area contributed by atoms with Crippen LogP contribution >= 0.6 is 11.3 Å². The second kappa shape index (κ2) is 5.69. The fraction of sp³-hybridized carbons (Fsp3) is 0.286. The number of benzene rings is 1. The highest BCUT2D eigenvalue weighted by Crippen LogP contribution is 2.31. The Morgan fingerprint density at radius 2 is 1.95 bits per heavy atom. The van der Waals surface area contributed by atoms with Crippen LogP contribution in [0.15, 0.2) is 29.2 Å². The fourth-order valence-corrected chi connectivity index (χ4v) is 4.61.